The molecule has 37 heavy (non-hydrogen) atoms. The molecule has 1 aliphatic carbocycles. The summed E-state index contributed by atoms with van der Waals surface area (Å²) >= 11 is 8.10. The number of nitrogens with zero attached hydrogens (tertiary/aromatic N) is 1. The van der Waals surface area contributed by atoms with Gasteiger partial charge in [-0.25, -0.2) is 4.39 Å². The lowest BCUT2D eigenvalue weighted by atomic mass is 9.86. The SMILES string of the molecule is CC(=O)c1ccc(-c2ccc(F)c(CN(C(=O)c3sc4ccccc4c3Cl)[C@H]3CC[C@H](C)CC3)c2)cc1. The van der Waals surface area contributed by atoms with Crippen molar-refractivity contribution in [3.63, 3.8) is 0 Å². The van der Waals surface area contributed by atoms with E-state index in [-0.39, 0.29) is 30.1 Å². The van der Waals surface area contributed by atoms with Gasteiger partial charge in [0.25, 0.3) is 5.91 Å². The first kappa shape index (κ1) is 25.6. The summed E-state index contributed by atoms with van der Waals surface area (Å²) in [5.74, 6) is 0.149. The third-order valence-electron chi connectivity index (χ3n) is 7.43. The Kier molecular flexibility index (Phi) is 7.45. The van der Waals surface area contributed by atoms with Crippen LogP contribution in [0.15, 0.2) is 66.7 Å². The van der Waals surface area contributed by atoms with E-state index in [1.54, 1.807) is 18.2 Å². The molecule has 0 bridgehead atoms. The van der Waals surface area contributed by atoms with Gasteiger partial charge in [0, 0.05) is 33.8 Å². The van der Waals surface area contributed by atoms with Crippen LogP contribution in [0.3, 0.4) is 0 Å². The monoisotopic (exact) mass is 533 g/mol. The fourth-order valence-corrected chi connectivity index (χ4v) is 6.63. The van der Waals surface area contributed by atoms with Gasteiger partial charge in [-0.3, -0.25) is 9.59 Å². The molecule has 0 spiro atoms. The van der Waals surface area contributed by atoms with E-state index in [1.165, 1.54) is 24.3 Å². The van der Waals surface area contributed by atoms with Crippen molar-refractivity contribution in [2.24, 2.45) is 5.92 Å². The number of benzene rings is 3. The first-order chi connectivity index (χ1) is 17.8. The lowest BCUT2D eigenvalue weighted by Gasteiger charge is -2.36. The van der Waals surface area contributed by atoms with E-state index >= 15 is 4.39 Å². The Morgan fingerprint density at radius 1 is 0.973 bits per heavy atom. The average Bonchev–Trinajstić information content (AvgIpc) is 3.25. The van der Waals surface area contributed by atoms with Crippen LogP contribution in [0.5, 0.6) is 0 Å². The highest BCUT2D eigenvalue weighted by Gasteiger charge is 2.31. The number of halogens is 2. The first-order valence-corrected chi connectivity index (χ1v) is 13.9. The first-order valence-electron chi connectivity index (χ1n) is 12.7. The summed E-state index contributed by atoms with van der Waals surface area (Å²) in [5.41, 5.74) is 2.84. The molecule has 1 amide bonds. The van der Waals surface area contributed by atoms with Crippen LogP contribution in [0.25, 0.3) is 21.2 Å². The number of carbonyl (C=O) groups excluding carboxylic acids is 2. The third kappa shape index (κ3) is 5.34. The minimum Gasteiger partial charge on any atom is -0.330 e. The van der Waals surface area contributed by atoms with E-state index in [0.717, 1.165) is 46.9 Å². The van der Waals surface area contributed by atoms with Crippen molar-refractivity contribution >= 4 is 44.7 Å². The minimum atomic E-state index is -0.339. The second-order valence-electron chi connectivity index (χ2n) is 10.0. The Bertz CT molecular complexity index is 1450. The van der Waals surface area contributed by atoms with E-state index in [0.29, 0.717) is 26.9 Å². The smallest absolute Gasteiger partial charge is 0.266 e. The van der Waals surface area contributed by atoms with Gasteiger partial charge in [0.2, 0.25) is 0 Å². The number of rotatable bonds is 6. The summed E-state index contributed by atoms with van der Waals surface area (Å²) < 4.78 is 16.1. The zero-order chi connectivity index (χ0) is 26.1. The van der Waals surface area contributed by atoms with Gasteiger partial charge in [0.1, 0.15) is 10.7 Å². The van der Waals surface area contributed by atoms with Gasteiger partial charge in [-0.1, -0.05) is 67.1 Å². The number of amides is 1. The lowest BCUT2D eigenvalue weighted by Crippen LogP contribution is -2.41. The molecule has 0 atom stereocenters. The van der Waals surface area contributed by atoms with Crippen LogP contribution < -0.4 is 0 Å². The van der Waals surface area contributed by atoms with Gasteiger partial charge in [-0.05, 0) is 67.9 Å². The predicted molar refractivity (Wildman–Crippen MR) is 150 cm³/mol. The molecule has 1 heterocycles. The molecule has 5 rings (SSSR count). The normalized spacial score (nSPS) is 17.6. The number of carbonyl (C=O) groups is 2. The molecule has 0 saturated heterocycles. The number of thiophene rings is 1. The highest BCUT2D eigenvalue weighted by Crippen LogP contribution is 2.38. The number of hydrogen-bond acceptors (Lipinski definition) is 3. The molecule has 4 aromatic rings. The van der Waals surface area contributed by atoms with Crippen LogP contribution in [0, 0.1) is 11.7 Å². The molecule has 0 radical (unpaired) electrons. The Balaban J connectivity index is 1.50. The minimum absolute atomic E-state index is 0.00204. The van der Waals surface area contributed by atoms with Gasteiger partial charge < -0.3 is 4.90 Å². The summed E-state index contributed by atoms with van der Waals surface area (Å²) in [6, 6.07) is 20.1. The lowest BCUT2D eigenvalue weighted by molar-refractivity contribution is 0.0596. The summed E-state index contributed by atoms with van der Waals surface area (Å²) in [7, 11) is 0. The predicted octanol–water partition coefficient (Wildman–Crippen LogP) is 8.78. The van der Waals surface area contributed by atoms with E-state index in [2.05, 4.69) is 6.92 Å². The van der Waals surface area contributed by atoms with Crippen molar-refractivity contribution < 1.29 is 14.0 Å². The van der Waals surface area contributed by atoms with E-state index in [4.69, 9.17) is 11.6 Å². The van der Waals surface area contributed by atoms with Crippen LogP contribution in [-0.2, 0) is 6.54 Å². The highest BCUT2D eigenvalue weighted by atomic mass is 35.5. The molecule has 3 nitrogen and oxygen atoms in total. The summed E-state index contributed by atoms with van der Waals surface area (Å²) in [6.45, 7) is 3.95. The second kappa shape index (κ2) is 10.8. The molecule has 190 valence electrons. The van der Waals surface area contributed by atoms with Crippen LogP contribution in [0.1, 0.15) is 65.1 Å². The quantitative estimate of drug-likeness (QED) is 0.232. The van der Waals surface area contributed by atoms with E-state index in [1.807, 2.05) is 47.4 Å². The van der Waals surface area contributed by atoms with Crippen molar-refractivity contribution in [1.29, 1.82) is 0 Å². The van der Waals surface area contributed by atoms with Crippen molar-refractivity contribution in [2.75, 3.05) is 0 Å². The molecule has 3 aromatic carbocycles. The molecule has 0 unspecified atom stereocenters. The molecule has 6 heteroatoms. The number of Topliss-reactive ketones (excluding diaryl/α,β-unsaturated/α-hetero) is 1. The topological polar surface area (TPSA) is 37.4 Å². The maximum Gasteiger partial charge on any atom is 0.266 e. The summed E-state index contributed by atoms with van der Waals surface area (Å²) in [5, 5.41) is 1.34. The van der Waals surface area contributed by atoms with Gasteiger partial charge in [-0.2, -0.15) is 0 Å². The maximum atomic E-state index is 15.2. The van der Waals surface area contributed by atoms with Crippen LogP contribution >= 0.6 is 22.9 Å². The van der Waals surface area contributed by atoms with Gasteiger partial charge >= 0.3 is 0 Å². The molecular weight excluding hydrogens is 505 g/mol. The third-order valence-corrected chi connectivity index (χ3v) is 9.09. The van der Waals surface area contributed by atoms with Gasteiger partial charge in [0.05, 0.1) is 5.02 Å². The molecule has 1 aliphatic rings. The number of ketones is 1. The summed E-state index contributed by atoms with van der Waals surface area (Å²) in [4.78, 5) is 28.0. The van der Waals surface area contributed by atoms with Crippen molar-refractivity contribution in [1.82, 2.24) is 4.90 Å². The van der Waals surface area contributed by atoms with Crippen molar-refractivity contribution in [2.45, 2.75) is 52.1 Å². The average molecular weight is 534 g/mol. The fourth-order valence-electron chi connectivity index (χ4n) is 5.16. The zero-order valence-corrected chi connectivity index (χ0v) is 22.5. The molecule has 1 aromatic heterocycles. The van der Waals surface area contributed by atoms with Crippen LogP contribution in [0.4, 0.5) is 4.39 Å². The largest absolute Gasteiger partial charge is 0.330 e. The Morgan fingerprint density at radius 3 is 2.32 bits per heavy atom. The highest BCUT2D eigenvalue weighted by molar-refractivity contribution is 7.21. The molecular formula is C31H29ClFNO2S. The molecule has 1 fully saturated rings. The van der Waals surface area contributed by atoms with E-state index < -0.39 is 0 Å². The number of hydrogen-bond donors (Lipinski definition) is 0. The Morgan fingerprint density at radius 2 is 1.65 bits per heavy atom. The van der Waals surface area contributed by atoms with Crippen molar-refractivity contribution in [3.05, 3.63) is 93.6 Å². The zero-order valence-electron chi connectivity index (χ0n) is 21.0. The van der Waals surface area contributed by atoms with Gasteiger partial charge in [-0.15, -0.1) is 11.3 Å². The van der Waals surface area contributed by atoms with E-state index in [9.17, 15) is 9.59 Å². The molecule has 0 N–H and O–H groups in total. The molecule has 0 aliphatic heterocycles. The van der Waals surface area contributed by atoms with Crippen LogP contribution in [0.2, 0.25) is 5.02 Å². The Labute approximate surface area is 225 Å². The molecule has 1 saturated carbocycles. The maximum absolute atomic E-state index is 15.2. The van der Waals surface area contributed by atoms with Gasteiger partial charge in [0.15, 0.2) is 5.78 Å². The van der Waals surface area contributed by atoms with Crippen molar-refractivity contribution in [3.8, 4) is 11.1 Å². The summed E-state index contributed by atoms with van der Waals surface area (Å²) in [6.07, 6.45) is 3.87. The fraction of sp³-hybridized carbons (Fsp3) is 0.290. The van der Waals surface area contributed by atoms with Crippen LogP contribution in [-0.4, -0.2) is 22.6 Å². The Hall–Kier alpha value is -3.02. The number of fused-ring (bicyclic) bond motifs is 1. The second-order valence-corrected chi connectivity index (χ2v) is 11.5. The standard InChI is InChI=1S/C31H29ClFNO2S/c1-19-7-14-25(15-8-19)34(31(36)30-29(32)26-5-3-4-6-28(26)37-30)18-24-17-23(13-16-27(24)33)22-11-9-21(10-12-22)20(2)35/h3-6,9-13,16-17,19,25H,7-8,14-15,18H2,1-2H3/t19-,25-.